The van der Waals surface area contributed by atoms with Gasteiger partial charge in [0.05, 0.1) is 6.61 Å². The smallest absolute Gasteiger partial charge is 0.245 e. The normalized spacial score (nSPS) is 11.9. The number of nitrogens with zero attached hydrogens (tertiary/aromatic N) is 1. The number of hydrogen-bond acceptors (Lipinski definition) is 3. The maximum Gasteiger partial charge on any atom is 0.245 e. The minimum absolute atomic E-state index is 0.0527. The van der Waals surface area contributed by atoms with Gasteiger partial charge in [-0.1, -0.05) is 32.9 Å². The number of nitrogens with one attached hydrogen (secondary N) is 1. The summed E-state index contributed by atoms with van der Waals surface area (Å²) in [5, 5.41) is 2.73. The first-order valence-corrected chi connectivity index (χ1v) is 8.59. The number of carbonyl (C=O) groups is 2. The molecule has 1 rings (SSSR count). The van der Waals surface area contributed by atoms with Crippen LogP contribution in [0.15, 0.2) is 24.3 Å². The molecule has 1 aromatic carbocycles. The van der Waals surface area contributed by atoms with Crippen molar-refractivity contribution in [3.8, 4) is 5.75 Å². The Bertz CT molecular complexity index is 543. The summed E-state index contributed by atoms with van der Waals surface area (Å²) < 4.78 is 5.74. The summed E-state index contributed by atoms with van der Waals surface area (Å²) in [5.74, 6) is 0.668. The predicted molar refractivity (Wildman–Crippen MR) is 96.0 cm³/mol. The number of ether oxygens (including phenoxy) is 1. The molecule has 1 unspecified atom stereocenters. The first-order chi connectivity index (χ1) is 11.3. The lowest BCUT2D eigenvalue weighted by atomic mass is 10.0. The van der Waals surface area contributed by atoms with Crippen molar-refractivity contribution in [3.05, 3.63) is 29.8 Å². The van der Waals surface area contributed by atoms with Crippen LogP contribution in [0, 0.1) is 5.92 Å². The van der Waals surface area contributed by atoms with Crippen molar-refractivity contribution >= 4 is 11.8 Å². The second-order valence-electron chi connectivity index (χ2n) is 6.38. The van der Waals surface area contributed by atoms with Crippen LogP contribution in [0.1, 0.15) is 39.7 Å². The second-order valence-corrected chi connectivity index (χ2v) is 6.38. The molecule has 0 aliphatic carbocycles. The molecule has 1 N–H and O–H groups in total. The quantitative estimate of drug-likeness (QED) is 0.706. The number of hydrogen-bond donors (Lipinski definition) is 1. The zero-order valence-corrected chi connectivity index (χ0v) is 15.5. The third-order valence-electron chi connectivity index (χ3n) is 3.88. The van der Waals surface area contributed by atoms with E-state index in [1.807, 2.05) is 32.0 Å². The summed E-state index contributed by atoms with van der Waals surface area (Å²) in [6.07, 6.45) is 1.72. The molecule has 2 amide bonds. The van der Waals surface area contributed by atoms with E-state index in [1.165, 1.54) is 12.5 Å². The van der Waals surface area contributed by atoms with Gasteiger partial charge < -0.3 is 15.0 Å². The molecule has 0 saturated carbocycles. The Morgan fingerprint density at radius 3 is 2.58 bits per heavy atom. The Morgan fingerprint density at radius 1 is 1.29 bits per heavy atom. The van der Waals surface area contributed by atoms with Gasteiger partial charge in [-0.25, -0.2) is 0 Å². The van der Waals surface area contributed by atoms with Crippen LogP contribution >= 0.6 is 0 Å². The molecule has 1 atom stereocenters. The Hall–Kier alpha value is -2.04. The van der Waals surface area contributed by atoms with E-state index < -0.39 is 6.04 Å². The van der Waals surface area contributed by atoms with Gasteiger partial charge in [-0.3, -0.25) is 9.59 Å². The molecule has 1 aromatic rings. The highest BCUT2D eigenvalue weighted by Gasteiger charge is 2.25. The average Bonchev–Trinajstić information content (AvgIpc) is 2.55. The predicted octanol–water partition coefficient (Wildman–Crippen LogP) is 2.64. The third kappa shape index (κ3) is 6.60. The molecule has 0 bridgehead atoms. The van der Waals surface area contributed by atoms with E-state index in [4.69, 9.17) is 4.74 Å². The van der Waals surface area contributed by atoms with Crippen molar-refractivity contribution in [1.29, 1.82) is 0 Å². The standard InChI is InChI=1S/C19H30N2O3/c1-6-16-9-7-10-17(13-16)24-12-8-11-21(5)19(23)18(14(2)3)20-15(4)22/h7,9-10,13-14,18H,6,8,11-12H2,1-5H3,(H,20,22). The van der Waals surface area contributed by atoms with Crippen molar-refractivity contribution < 1.29 is 14.3 Å². The van der Waals surface area contributed by atoms with Crippen molar-refractivity contribution in [2.75, 3.05) is 20.2 Å². The molecule has 0 aliphatic heterocycles. The zero-order valence-electron chi connectivity index (χ0n) is 15.5. The molecule has 24 heavy (non-hydrogen) atoms. The maximum atomic E-state index is 12.4. The third-order valence-corrected chi connectivity index (χ3v) is 3.88. The van der Waals surface area contributed by atoms with Crippen molar-refractivity contribution in [3.63, 3.8) is 0 Å². The van der Waals surface area contributed by atoms with E-state index in [0.717, 1.165) is 18.6 Å². The van der Waals surface area contributed by atoms with Crippen LogP contribution in [0.25, 0.3) is 0 Å². The minimum atomic E-state index is -0.477. The fourth-order valence-electron chi connectivity index (χ4n) is 2.43. The van der Waals surface area contributed by atoms with Gasteiger partial charge in [-0.15, -0.1) is 0 Å². The molecule has 0 radical (unpaired) electrons. The van der Waals surface area contributed by atoms with Gasteiger partial charge in [0, 0.05) is 20.5 Å². The molecular formula is C19H30N2O3. The molecule has 5 nitrogen and oxygen atoms in total. The fourth-order valence-corrected chi connectivity index (χ4v) is 2.43. The molecule has 5 heteroatoms. The number of aryl methyl sites for hydroxylation is 1. The van der Waals surface area contributed by atoms with E-state index in [2.05, 4.69) is 18.3 Å². The van der Waals surface area contributed by atoms with Crippen LogP contribution in [0.4, 0.5) is 0 Å². The van der Waals surface area contributed by atoms with Gasteiger partial charge in [0.25, 0.3) is 0 Å². The van der Waals surface area contributed by atoms with Crippen LogP contribution in [0.2, 0.25) is 0 Å². The summed E-state index contributed by atoms with van der Waals surface area (Å²) in [5.41, 5.74) is 1.25. The zero-order chi connectivity index (χ0) is 18.1. The lowest BCUT2D eigenvalue weighted by Gasteiger charge is -2.26. The lowest BCUT2D eigenvalue weighted by Crippen LogP contribution is -2.49. The molecule has 0 heterocycles. The summed E-state index contributed by atoms with van der Waals surface area (Å²) in [6, 6.07) is 7.58. The van der Waals surface area contributed by atoms with Crippen LogP contribution in [-0.4, -0.2) is 43.0 Å². The van der Waals surface area contributed by atoms with Gasteiger partial charge in [0.2, 0.25) is 11.8 Å². The second kappa shape index (κ2) is 9.96. The Kier molecular flexibility index (Phi) is 8.30. The highest BCUT2D eigenvalue weighted by Crippen LogP contribution is 2.14. The lowest BCUT2D eigenvalue weighted by molar-refractivity contribution is -0.136. The number of carbonyl (C=O) groups excluding carboxylic acids is 2. The molecule has 0 fully saturated rings. The van der Waals surface area contributed by atoms with E-state index >= 15 is 0 Å². The van der Waals surface area contributed by atoms with E-state index in [-0.39, 0.29) is 17.7 Å². The maximum absolute atomic E-state index is 12.4. The molecule has 0 saturated heterocycles. The number of benzene rings is 1. The van der Waals surface area contributed by atoms with E-state index in [9.17, 15) is 9.59 Å². The molecule has 0 aromatic heterocycles. The topological polar surface area (TPSA) is 58.6 Å². The van der Waals surface area contributed by atoms with Crippen LogP contribution in [0.5, 0.6) is 5.75 Å². The summed E-state index contributed by atoms with van der Waals surface area (Å²) in [7, 11) is 1.76. The van der Waals surface area contributed by atoms with Crippen LogP contribution < -0.4 is 10.1 Å². The molecule has 0 spiro atoms. The van der Waals surface area contributed by atoms with Gasteiger partial charge in [0.1, 0.15) is 11.8 Å². The summed E-state index contributed by atoms with van der Waals surface area (Å²) in [6.45, 7) is 8.54. The summed E-state index contributed by atoms with van der Waals surface area (Å²) >= 11 is 0. The van der Waals surface area contributed by atoms with Gasteiger partial charge in [0.15, 0.2) is 0 Å². The first-order valence-electron chi connectivity index (χ1n) is 8.59. The Morgan fingerprint density at radius 2 is 2.00 bits per heavy atom. The minimum Gasteiger partial charge on any atom is -0.494 e. The van der Waals surface area contributed by atoms with Gasteiger partial charge in [-0.2, -0.15) is 0 Å². The fraction of sp³-hybridized carbons (Fsp3) is 0.579. The van der Waals surface area contributed by atoms with Crippen molar-refractivity contribution in [2.45, 2.75) is 46.6 Å². The van der Waals surface area contributed by atoms with Crippen LogP contribution in [0.3, 0.4) is 0 Å². The van der Waals surface area contributed by atoms with E-state index in [0.29, 0.717) is 13.2 Å². The molecule has 0 aliphatic rings. The van der Waals surface area contributed by atoms with Crippen LogP contribution in [-0.2, 0) is 16.0 Å². The SMILES string of the molecule is CCc1cccc(OCCCN(C)C(=O)C(NC(C)=O)C(C)C)c1. The Balaban J connectivity index is 2.42. The average molecular weight is 334 g/mol. The van der Waals surface area contributed by atoms with Gasteiger partial charge in [-0.05, 0) is 36.5 Å². The number of amides is 2. The first kappa shape index (κ1) is 20.0. The highest BCUT2D eigenvalue weighted by molar-refractivity contribution is 5.86. The highest BCUT2D eigenvalue weighted by atomic mass is 16.5. The number of rotatable bonds is 9. The monoisotopic (exact) mass is 334 g/mol. The van der Waals surface area contributed by atoms with Crippen molar-refractivity contribution in [2.24, 2.45) is 5.92 Å². The summed E-state index contributed by atoms with van der Waals surface area (Å²) in [4.78, 5) is 25.4. The van der Waals surface area contributed by atoms with E-state index in [1.54, 1.807) is 11.9 Å². The van der Waals surface area contributed by atoms with Crippen molar-refractivity contribution in [1.82, 2.24) is 10.2 Å². The number of likely N-dealkylation sites (N-methyl/N-ethyl adjacent to an activating group) is 1. The largest absolute Gasteiger partial charge is 0.494 e. The van der Waals surface area contributed by atoms with Gasteiger partial charge >= 0.3 is 0 Å². The Labute approximate surface area is 145 Å². The molecule has 134 valence electrons. The molecular weight excluding hydrogens is 304 g/mol.